The molecule has 1 aromatic rings. The topological polar surface area (TPSA) is 94.3 Å². The molecule has 6 nitrogen and oxygen atoms in total. The molecule has 0 saturated heterocycles. The lowest BCUT2D eigenvalue weighted by Gasteiger charge is -2.10. The molecule has 0 saturated carbocycles. The standard InChI is InChI=1S/C11H17N3O3S/c1-17-11(15)8-4-6-14-10(9(8)12)13-5-3-7-18(2)16/h4,6H,3,5,7,12H2,1-2H3,(H,13,14). The third-order valence-electron chi connectivity index (χ3n) is 2.30. The van der Waals surface area contributed by atoms with Crippen molar-refractivity contribution >= 4 is 28.3 Å². The van der Waals surface area contributed by atoms with Gasteiger partial charge in [0.25, 0.3) is 0 Å². The number of carbonyl (C=O) groups excluding carboxylic acids is 1. The van der Waals surface area contributed by atoms with Crippen LogP contribution in [0.2, 0.25) is 0 Å². The van der Waals surface area contributed by atoms with E-state index >= 15 is 0 Å². The molecule has 18 heavy (non-hydrogen) atoms. The van der Waals surface area contributed by atoms with Gasteiger partial charge in [-0.3, -0.25) is 4.21 Å². The predicted molar refractivity (Wildman–Crippen MR) is 72.0 cm³/mol. The van der Waals surface area contributed by atoms with Crippen LogP contribution in [-0.4, -0.2) is 40.8 Å². The summed E-state index contributed by atoms with van der Waals surface area (Å²) in [6.07, 6.45) is 3.89. The van der Waals surface area contributed by atoms with E-state index in [1.54, 1.807) is 6.26 Å². The van der Waals surface area contributed by atoms with E-state index in [9.17, 15) is 9.00 Å². The van der Waals surface area contributed by atoms with Crippen LogP contribution in [0.25, 0.3) is 0 Å². The molecule has 1 heterocycles. The molecule has 0 fully saturated rings. The van der Waals surface area contributed by atoms with E-state index < -0.39 is 16.8 Å². The molecule has 1 atom stereocenters. The lowest BCUT2D eigenvalue weighted by Crippen LogP contribution is -2.12. The Morgan fingerprint density at radius 1 is 1.61 bits per heavy atom. The Kier molecular flexibility index (Phi) is 5.57. The fraction of sp³-hybridized carbons (Fsp3) is 0.455. The Hall–Kier alpha value is -1.63. The van der Waals surface area contributed by atoms with Gasteiger partial charge in [-0.1, -0.05) is 0 Å². The van der Waals surface area contributed by atoms with Crippen LogP contribution < -0.4 is 11.1 Å². The van der Waals surface area contributed by atoms with Gasteiger partial charge in [-0.25, -0.2) is 9.78 Å². The minimum absolute atomic E-state index is 0.266. The van der Waals surface area contributed by atoms with Crippen LogP contribution in [0.1, 0.15) is 16.8 Å². The molecule has 7 heteroatoms. The normalized spacial score (nSPS) is 11.9. The second-order valence-corrected chi connectivity index (χ2v) is 5.22. The van der Waals surface area contributed by atoms with Gasteiger partial charge >= 0.3 is 5.97 Å². The smallest absolute Gasteiger partial charge is 0.340 e. The monoisotopic (exact) mass is 271 g/mol. The van der Waals surface area contributed by atoms with Gasteiger partial charge in [-0.05, 0) is 12.5 Å². The van der Waals surface area contributed by atoms with Crippen molar-refractivity contribution in [3.63, 3.8) is 0 Å². The predicted octanol–water partition coefficient (Wildman–Crippen LogP) is 0.631. The molecule has 1 unspecified atom stereocenters. The Bertz CT molecular complexity index is 451. The highest BCUT2D eigenvalue weighted by molar-refractivity contribution is 7.84. The molecule has 3 N–H and O–H groups in total. The first-order valence-electron chi connectivity index (χ1n) is 5.43. The maximum absolute atomic E-state index is 11.4. The van der Waals surface area contributed by atoms with Gasteiger partial charge in [-0.2, -0.15) is 0 Å². The van der Waals surface area contributed by atoms with Gasteiger partial charge in [0.1, 0.15) is 5.82 Å². The highest BCUT2D eigenvalue weighted by Gasteiger charge is 2.13. The van der Waals surface area contributed by atoms with Crippen molar-refractivity contribution in [2.24, 2.45) is 0 Å². The fourth-order valence-electron chi connectivity index (χ4n) is 1.38. The second kappa shape index (κ2) is 6.95. The molecule has 0 bridgehead atoms. The zero-order valence-electron chi connectivity index (χ0n) is 10.4. The molecule has 0 amide bonds. The summed E-state index contributed by atoms with van der Waals surface area (Å²) >= 11 is 0. The Morgan fingerprint density at radius 3 is 2.94 bits per heavy atom. The van der Waals surface area contributed by atoms with Crippen molar-refractivity contribution < 1.29 is 13.7 Å². The summed E-state index contributed by atoms with van der Waals surface area (Å²) in [7, 11) is 0.490. The molecular formula is C11H17N3O3S. The van der Waals surface area contributed by atoms with Crippen LogP contribution >= 0.6 is 0 Å². The fourth-order valence-corrected chi connectivity index (χ4v) is 1.94. The van der Waals surface area contributed by atoms with E-state index in [1.165, 1.54) is 19.4 Å². The zero-order chi connectivity index (χ0) is 13.5. The number of methoxy groups -OCH3 is 1. The molecule has 0 aliphatic heterocycles. The lowest BCUT2D eigenvalue weighted by atomic mass is 10.2. The number of hydrogen-bond donors (Lipinski definition) is 2. The van der Waals surface area contributed by atoms with Crippen molar-refractivity contribution in [2.45, 2.75) is 6.42 Å². The molecule has 0 aliphatic carbocycles. The van der Waals surface area contributed by atoms with Crippen LogP contribution in [0.5, 0.6) is 0 Å². The van der Waals surface area contributed by atoms with Crippen molar-refractivity contribution in [2.75, 3.05) is 36.7 Å². The lowest BCUT2D eigenvalue weighted by molar-refractivity contribution is 0.0602. The van der Waals surface area contributed by atoms with E-state index in [4.69, 9.17) is 5.73 Å². The number of ether oxygens (including phenoxy) is 1. The van der Waals surface area contributed by atoms with Gasteiger partial charge in [0.15, 0.2) is 0 Å². The molecule has 0 spiro atoms. The number of esters is 1. The van der Waals surface area contributed by atoms with Crippen molar-refractivity contribution in [3.8, 4) is 0 Å². The Labute approximate surface area is 108 Å². The molecule has 1 aromatic heterocycles. The maximum Gasteiger partial charge on any atom is 0.340 e. The number of hydrogen-bond acceptors (Lipinski definition) is 6. The van der Waals surface area contributed by atoms with Gasteiger partial charge in [-0.15, -0.1) is 0 Å². The first-order valence-corrected chi connectivity index (χ1v) is 7.15. The highest BCUT2D eigenvalue weighted by Crippen LogP contribution is 2.20. The van der Waals surface area contributed by atoms with Crippen LogP contribution in [0, 0.1) is 0 Å². The van der Waals surface area contributed by atoms with Gasteiger partial charge in [0.05, 0.1) is 18.4 Å². The first kappa shape index (κ1) is 14.4. The quantitative estimate of drug-likeness (QED) is 0.582. The molecule has 0 radical (unpaired) electrons. The van der Waals surface area contributed by atoms with Crippen molar-refractivity contribution in [1.29, 1.82) is 0 Å². The summed E-state index contributed by atoms with van der Waals surface area (Å²) < 4.78 is 15.5. The van der Waals surface area contributed by atoms with E-state index in [0.717, 1.165) is 6.42 Å². The summed E-state index contributed by atoms with van der Waals surface area (Å²) in [6, 6.07) is 1.51. The number of aromatic nitrogens is 1. The summed E-state index contributed by atoms with van der Waals surface area (Å²) in [5, 5.41) is 3.01. The van der Waals surface area contributed by atoms with E-state index in [0.29, 0.717) is 18.1 Å². The summed E-state index contributed by atoms with van der Waals surface area (Å²) in [6.45, 7) is 0.599. The molecule has 0 aliphatic rings. The third kappa shape index (κ3) is 3.99. The number of nitrogens with zero attached hydrogens (tertiary/aromatic N) is 1. The van der Waals surface area contributed by atoms with Crippen molar-refractivity contribution in [1.82, 2.24) is 4.98 Å². The average molecular weight is 271 g/mol. The number of nitrogen functional groups attached to an aromatic ring is 1. The van der Waals surface area contributed by atoms with Gasteiger partial charge in [0.2, 0.25) is 0 Å². The highest BCUT2D eigenvalue weighted by atomic mass is 32.2. The third-order valence-corrected chi connectivity index (χ3v) is 3.16. The average Bonchev–Trinajstić information content (AvgIpc) is 2.35. The minimum atomic E-state index is -0.808. The number of anilines is 2. The number of nitrogens with one attached hydrogen (secondary N) is 1. The van der Waals surface area contributed by atoms with Crippen LogP contribution in [-0.2, 0) is 15.5 Å². The van der Waals surface area contributed by atoms with E-state index in [1.807, 2.05) is 0 Å². The second-order valence-electron chi connectivity index (χ2n) is 3.67. The first-order chi connectivity index (χ1) is 8.56. The summed E-state index contributed by atoms with van der Waals surface area (Å²) in [5.74, 6) is 0.566. The van der Waals surface area contributed by atoms with E-state index in [2.05, 4.69) is 15.0 Å². The Morgan fingerprint density at radius 2 is 2.33 bits per heavy atom. The van der Waals surface area contributed by atoms with Gasteiger partial charge < -0.3 is 15.8 Å². The summed E-state index contributed by atoms with van der Waals surface area (Å²) in [4.78, 5) is 15.5. The summed E-state index contributed by atoms with van der Waals surface area (Å²) in [5.41, 5.74) is 6.37. The molecule has 100 valence electrons. The number of carbonyl (C=O) groups is 1. The molecular weight excluding hydrogens is 254 g/mol. The van der Waals surface area contributed by atoms with Gasteiger partial charge in [0, 0.05) is 35.5 Å². The number of pyridine rings is 1. The van der Waals surface area contributed by atoms with Crippen LogP contribution in [0.3, 0.4) is 0 Å². The maximum atomic E-state index is 11.4. The molecule has 1 rings (SSSR count). The number of rotatable bonds is 6. The number of nitrogens with two attached hydrogens (primary N) is 1. The SMILES string of the molecule is COC(=O)c1ccnc(NCCCS(C)=O)c1N. The zero-order valence-corrected chi connectivity index (χ0v) is 11.3. The van der Waals surface area contributed by atoms with Crippen molar-refractivity contribution in [3.05, 3.63) is 17.8 Å². The van der Waals surface area contributed by atoms with Crippen LogP contribution in [0.15, 0.2) is 12.3 Å². The minimum Gasteiger partial charge on any atom is -0.465 e. The van der Waals surface area contributed by atoms with E-state index in [-0.39, 0.29) is 11.3 Å². The molecule has 0 aromatic carbocycles. The Balaban J connectivity index is 2.66. The van der Waals surface area contributed by atoms with Crippen LogP contribution in [0.4, 0.5) is 11.5 Å². The largest absolute Gasteiger partial charge is 0.465 e.